The van der Waals surface area contributed by atoms with Gasteiger partial charge < -0.3 is 8.95 Å². The zero-order chi connectivity index (χ0) is 17.7. The molecule has 0 unspecified atom stereocenters. The summed E-state index contributed by atoms with van der Waals surface area (Å²) in [5, 5.41) is 4.36. The Balaban J connectivity index is 2.07. The van der Waals surface area contributed by atoms with Crippen LogP contribution in [0.4, 0.5) is 0 Å². The number of halogens is 1. The van der Waals surface area contributed by atoms with Gasteiger partial charge in [0.15, 0.2) is 19.7 Å². The molecule has 0 aliphatic heterocycles. The summed E-state index contributed by atoms with van der Waals surface area (Å²) in [4.78, 5) is 0. The molecule has 0 atom stereocenters. The highest BCUT2D eigenvalue weighted by Gasteiger charge is 2.50. The third-order valence-corrected chi connectivity index (χ3v) is 5.60. The Hall–Kier alpha value is -1.88. The quantitative estimate of drug-likeness (QED) is 0.447. The van der Waals surface area contributed by atoms with Gasteiger partial charge in [0.25, 0.3) is 0 Å². The van der Waals surface area contributed by atoms with E-state index in [0.29, 0.717) is 11.6 Å². The highest BCUT2D eigenvalue weighted by molar-refractivity contribution is 6.69. The van der Waals surface area contributed by atoms with Crippen molar-refractivity contribution in [2.24, 2.45) is 0 Å². The summed E-state index contributed by atoms with van der Waals surface area (Å²) in [5.74, 6) is 0.941. The van der Waals surface area contributed by atoms with E-state index in [1.54, 1.807) is 0 Å². The molecule has 1 heterocycles. The van der Waals surface area contributed by atoms with Gasteiger partial charge in [-0.05, 0) is 30.8 Å². The van der Waals surface area contributed by atoms with Gasteiger partial charge in [-0.25, -0.2) is 0 Å². The highest BCUT2D eigenvalue weighted by atomic mass is 35.5. The third-order valence-electron chi connectivity index (χ3n) is 4.41. The van der Waals surface area contributed by atoms with Gasteiger partial charge in [0, 0.05) is 17.2 Å². The summed E-state index contributed by atoms with van der Waals surface area (Å²) >= 11 is 5.96. The first-order valence-corrected chi connectivity index (χ1v) is 12.3. The first-order valence-electron chi connectivity index (χ1n) is 8.37. The van der Waals surface area contributed by atoms with E-state index < -0.39 is 13.9 Å². The Morgan fingerprint density at radius 2 is 1.56 bits per heavy atom. The van der Waals surface area contributed by atoms with Crippen LogP contribution < -0.4 is 0 Å². The van der Waals surface area contributed by atoms with E-state index in [-0.39, 0.29) is 0 Å². The van der Waals surface area contributed by atoms with Crippen molar-refractivity contribution in [2.75, 3.05) is 0 Å². The second-order valence-corrected chi connectivity index (χ2v) is 12.0. The number of hydrogen-bond donors (Lipinski definition) is 0. The van der Waals surface area contributed by atoms with E-state index in [9.17, 15) is 0 Å². The van der Waals surface area contributed by atoms with Crippen molar-refractivity contribution in [1.29, 1.82) is 0 Å². The summed E-state index contributed by atoms with van der Waals surface area (Å²) < 4.78 is 12.3. The molecule has 3 nitrogen and oxygen atoms in total. The van der Waals surface area contributed by atoms with Gasteiger partial charge in [-0.1, -0.05) is 53.7 Å². The number of alkyl halides is 1. The van der Waals surface area contributed by atoms with Gasteiger partial charge in [0.05, 0.1) is 5.88 Å². The molecule has 128 valence electrons. The molecule has 1 aliphatic rings. The molecular formula is C20H20ClNO2Si. The normalized spacial score (nSPS) is 15.0. The van der Waals surface area contributed by atoms with Crippen molar-refractivity contribution in [3.63, 3.8) is 0 Å². The Bertz CT molecular complexity index is 884. The van der Waals surface area contributed by atoms with Crippen LogP contribution in [-0.4, -0.2) is 13.5 Å². The summed E-state index contributed by atoms with van der Waals surface area (Å²) in [5.41, 5.74) is 4.63. The van der Waals surface area contributed by atoms with Crippen LogP contribution in [0.1, 0.15) is 22.6 Å². The molecule has 0 bridgehead atoms. The Morgan fingerprint density at radius 3 is 2.04 bits per heavy atom. The van der Waals surface area contributed by atoms with Crippen molar-refractivity contribution in [3.05, 3.63) is 77.2 Å². The maximum Gasteiger partial charge on any atom is 0.185 e. The van der Waals surface area contributed by atoms with Gasteiger partial charge in [-0.3, -0.25) is 0 Å². The Morgan fingerprint density at radius 1 is 1.00 bits per heavy atom. The molecule has 25 heavy (non-hydrogen) atoms. The molecule has 4 rings (SSSR count). The number of benzene rings is 2. The first kappa shape index (κ1) is 16.6. The number of hydrogen-bond acceptors (Lipinski definition) is 3. The lowest BCUT2D eigenvalue weighted by atomic mass is 9.88. The zero-order valence-electron chi connectivity index (χ0n) is 14.5. The van der Waals surface area contributed by atoms with Gasteiger partial charge in [-0.15, -0.1) is 11.6 Å². The minimum absolute atomic E-state index is 0.291. The molecule has 5 heteroatoms. The third kappa shape index (κ3) is 2.56. The SMILES string of the molecule is C[Si](C)(C)OC1(c2cc(CCl)on2)c2ccccc2-c2ccccc21. The largest absolute Gasteiger partial charge is 0.399 e. The van der Waals surface area contributed by atoms with Crippen LogP contribution in [-0.2, 0) is 15.9 Å². The first-order chi connectivity index (χ1) is 12.0. The minimum atomic E-state index is -1.93. The van der Waals surface area contributed by atoms with E-state index >= 15 is 0 Å². The average Bonchev–Trinajstić information content (AvgIpc) is 3.17. The number of rotatable bonds is 4. The smallest absolute Gasteiger partial charge is 0.185 e. The van der Waals surface area contributed by atoms with Crippen LogP contribution in [0.2, 0.25) is 19.6 Å². The zero-order valence-corrected chi connectivity index (χ0v) is 16.3. The second kappa shape index (κ2) is 5.83. The van der Waals surface area contributed by atoms with E-state index in [1.165, 1.54) is 11.1 Å². The highest BCUT2D eigenvalue weighted by Crippen LogP contribution is 2.53. The molecule has 3 aromatic rings. The lowest BCUT2D eigenvalue weighted by molar-refractivity contribution is 0.141. The van der Waals surface area contributed by atoms with Gasteiger partial charge in [0.2, 0.25) is 0 Å². The number of aromatic nitrogens is 1. The molecule has 0 spiro atoms. The van der Waals surface area contributed by atoms with E-state index in [4.69, 9.17) is 20.6 Å². The number of fused-ring (bicyclic) bond motifs is 3. The molecule has 0 saturated carbocycles. The standard InChI is InChI=1S/C20H20ClNO2Si/c1-25(2,3)24-20(19-12-14(13-21)23-22-19)17-10-6-4-8-15(17)16-9-5-7-11-18(16)20/h4-12H,13H2,1-3H3. The van der Waals surface area contributed by atoms with Crippen LogP contribution in [0.5, 0.6) is 0 Å². The number of nitrogens with zero attached hydrogens (tertiary/aromatic N) is 1. The van der Waals surface area contributed by atoms with Crippen LogP contribution in [0.15, 0.2) is 59.1 Å². The molecule has 1 aromatic heterocycles. The van der Waals surface area contributed by atoms with E-state index in [1.807, 2.05) is 6.07 Å². The Labute approximate surface area is 153 Å². The molecule has 0 fully saturated rings. The fourth-order valence-corrected chi connectivity index (χ4v) is 5.00. The summed E-state index contributed by atoms with van der Waals surface area (Å²) in [6.07, 6.45) is 0. The van der Waals surface area contributed by atoms with Gasteiger partial charge in [-0.2, -0.15) is 0 Å². The van der Waals surface area contributed by atoms with Crippen molar-refractivity contribution >= 4 is 19.9 Å². The molecule has 0 radical (unpaired) electrons. The lowest BCUT2D eigenvalue weighted by Crippen LogP contribution is -2.41. The maximum atomic E-state index is 6.86. The van der Waals surface area contributed by atoms with Crippen LogP contribution in [0.25, 0.3) is 11.1 Å². The van der Waals surface area contributed by atoms with Crippen molar-refractivity contribution in [2.45, 2.75) is 31.1 Å². The van der Waals surface area contributed by atoms with Gasteiger partial charge in [0.1, 0.15) is 5.69 Å². The fourth-order valence-electron chi connectivity index (χ4n) is 3.63. The van der Waals surface area contributed by atoms with Crippen molar-refractivity contribution in [1.82, 2.24) is 5.16 Å². The van der Waals surface area contributed by atoms with E-state index in [0.717, 1.165) is 16.8 Å². The second-order valence-electron chi connectivity index (χ2n) is 7.30. The van der Waals surface area contributed by atoms with Crippen molar-refractivity contribution < 1.29 is 8.95 Å². The summed E-state index contributed by atoms with van der Waals surface area (Å²) in [7, 11) is -1.93. The Kier molecular flexibility index (Phi) is 3.87. The summed E-state index contributed by atoms with van der Waals surface area (Å²) in [6.45, 7) is 6.59. The van der Waals surface area contributed by atoms with E-state index in [2.05, 4.69) is 73.3 Å². The minimum Gasteiger partial charge on any atom is -0.399 e. The monoisotopic (exact) mass is 369 g/mol. The lowest BCUT2D eigenvalue weighted by Gasteiger charge is -2.36. The molecule has 0 saturated heterocycles. The van der Waals surface area contributed by atoms with Gasteiger partial charge >= 0.3 is 0 Å². The van der Waals surface area contributed by atoms with Crippen LogP contribution in [0.3, 0.4) is 0 Å². The topological polar surface area (TPSA) is 35.3 Å². The average molecular weight is 370 g/mol. The molecule has 0 amide bonds. The maximum absolute atomic E-state index is 6.86. The predicted octanol–water partition coefficient (Wildman–Crippen LogP) is 5.54. The van der Waals surface area contributed by atoms with Crippen LogP contribution >= 0.6 is 11.6 Å². The summed E-state index contributed by atoms with van der Waals surface area (Å²) in [6, 6.07) is 18.7. The molecule has 2 aromatic carbocycles. The van der Waals surface area contributed by atoms with Crippen LogP contribution in [0, 0.1) is 0 Å². The molecular weight excluding hydrogens is 350 g/mol. The molecule has 0 N–H and O–H groups in total. The fraction of sp³-hybridized carbons (Fsp3) is 0.250. The molecule has 1 aliphatic carbocycles. The predicted molar refractivity (Wildman–Crippen MR) is 102 cm³/mol. The van der Waals surface area contributed by atoms with Crippen molar-refractivity contribution in [3.8, 4) is 11.1 Å².